The minimum atomic E-state index is -1.05. The summed E-state index contributed by atoms with van der Waals surface area (Å²) in [4.78, 5) is 16.1. The molecule has 3 aromatic rings. The van der Waals surface area contributed by atoms with E-state index < -0.39 is 17.5 Å². The number of H-pyrrole nitrogens is 1. The lowest BCUT2D eigenvalue weighted by molar-refractivity contribution is -0.115. The second kappa shape index (κ2) is 7.16. The molecule has 0 atom stereocenters. The van der Waals surface area contributed by atoms with E-state index in [1.807, 2.05) is 0 Å². The predicted octanol–water partition coefficient (Wildman–Crippen LogP) is 2.99. The Morgan fingerprint density at radius 1 is 1.04 bits per heavy atom. The highest BCUT2D eigenvalue weighted by Crippen LogP contribution is 2.14. The number of nitrogens with one attached hydrogen (secondary N) is 2. The van der Waals surface area contributed by atoms with Gasteiger partial charge in [0.05, 0.1) is 6.42 Å². The number of benzene rings is 2. The van der Waals surface area contributed by atoms with Crippen LogP contribution in [-0.4, -0.2) is 21.1 Å². The SMILES string of the molecule is O=C(Cc1n[nH]c(Cc2ccccc2F)n1)Nc1ccc(F)c(F)c1. The van der Waals surface area contributed by atoms with Gasteiger partial charge in [0.25, 0.3) is 0 Å². The van der Waals surface area contributed by atoms with Gasteiger partial charge < -0.3 is 5.32 Å². The van der Waals surface area contributed by atoms with Crippen LogP contribution in [0.25, 0.3) is 0 Å². The van der Waals surface area contributed by atoms with Crippen LogP contribution >= 0.6 is 0 Å². The van der Waals surface area contributed by atoms with E-state index in [0.717, 1.165) is 12.1 Å². The van der Waals surface area contributed by atoms with Crippen LogP contribution in [0.5, 0.6) is 0 Å². The summed E-state index contributed by atoms with van der Waals surface area (Å²) in [5.74, 6) is -2.25. The maximum atomic E-state index is 13.6. The molecule has 0 radical (unpaired) electrons. The Labute approximate surface area is 140 Å². The molecule has 2 N–H and O–H groups in total. The van der Waals surface area contributed by atoms with Gasteiger partial charge in [0, 0.05) is 18.2 Å². The minimum Gasteiger partial charge on any atom is -0.326 e. The molecule has 0 bridgehead atoms. The smallest absolute Gasteiger partial charge is 0.232 e. The Kier molecular flexibility index (Phi) is 4.78. The van der Waals surface area contributed by atoms with Gasteiger partial charge in [-0.05, 0) is 23.8 Å². The van der Waals surface area contributed by atoms with Crippen LogP contribution in [0.15, 0.2) is 42.5 Å². The summed E-state index contributed by atoms with van der Waals surface area (Å²) in [5.41, 5.74) is 0.586. The van der Waals surface area contributed by atoms with Gasteiger partial charge in [-0.3, -0.25) is 9.89 Å². The number of hydrogen-bond acceptors (Lipinski definition) is 3. The first-order valence-electron chi connectivity index (χ1n) is 7.40. The zero-order chi connectivity index (χ0) is 17.8. The molecule has 1 aromatic heterocycles. The number of aromatic nitrogens is 3. The maximum absolute atomic E-state index is 13.6. The first kappa shape index (κ1) is 16.7. The minimum absolute atomic E-state index is 0.131. The molecule has 0 saturated carbocycles. The molecular weight excluding hydrogens is 333 g/mol. The van der Waals surface area contributed by atoms with Crippen molar-refractivity contribution in [2.75, 3.05) is 5.32 Å². The van der Waals surface area contributed by atoms with E-state index in [1.165, 1.54) is 12.1 Å². The third-order valence-electron chi connectivity index (χ3n) is 3.42. The fourth-order valence-electron chi connectivity index (χ4n) is 2.24. The fraction of sp³-hybridized carbons (Fsp3) is 0.118. The number of halogens is 3. The Morgan fingerprint density at radius 2 is 1.84 bits per heavy atom. The highest BCUT2D eigenvalue weighted by atomic mass is 19.2. The molecule has 25 heavy (non-hydrogen) atoms. The average Bonchev–Trinajstić information content (AvgIpc) is 3.00. The van der Waals surface area contributed by atoms with E-state index in [0.29, 0.717) is 11.4 Å². The lowest BCUT2D eigenvalue weighted by Gasteiger charge is -2.04. The molecule has 1 amide bonds. The monoisotopic (exact) mass is 346 g/mol. The van der Waals surface area contributed by atoms with Gasteiger partial charge in [0.1, 0.15) is 11.6 Å². The number of carbonyl (C=O) groups excluding carboxylic acids is 1. The lowest BCUT2D eigenvalue weighted by Crippen LogP contribution is -2.15. The van der Waals surface area contributed by atoms with Gasteiger partial charge >= 0.3 is 0 Å². The van der Waals surface area contributed by atoms with Gasteiger partial charge in [-0.1, -0.05) is 18.2 Å². The van der Waals surface area contributed by atoms with Gasteiger partial charge in [0.15, 0.2) is 17.5 Å². The van der Waals surface area contributed by atoms with E-state index in [2.05, 4.69) is 20.5 Å². The summed E-state index contributed by atoms with van der Waals surface area (Å²) in [5, 5.41) is 8.98. The standard InChI is InChI=1S/C17H13F3N4O/c18-12-4-2-1-3-10(12)7-15-22-16(24-23-15)9-17(25)21-11-5-6-13(19)14(20)8-11/h1-6,8H,7,9H2,(H,21,25)(H,22,23,24). The fourth-order valence-corrected chi connectivity index (χ4v) is 2.24. The van der Waals surface area contributed by atoms with Crippen molar-refractivity contribution in [1.29, 1.82) is 0 Å². The average molecular weight is 346 g/mol. The number of rotatable bonds is 5. The molecular formula is C17H13F3N4O. The van der Waals surface area contributed by atoms with Crippen LogP contribution in [0.3, 0.4) is 0 Å². The summed E-state index contributed by atoms with van der Waals surface area (Å²) >= 11 is 0. The van der Waals surface area contributed by atoms with Crippen LogP contribution < -0.4 is 5.32 Å². The molecule has 0 saturated heterocycles. The Balaban J connectivity index is 1.61. The van der Waals surface area contributed by atoms with Crippen molar-refractivity contribution in [3.63, 3.8) is 0 Å². The van der Waals surface area contributed by atoms with Crippen LogP contribution in [0.2, 0.25) is 0 Å². The zero-order valence-corrected chi connectivity index (χ0v) is 12.9. The number of amides is 1. The van der Waals surface area contributed by atoms with Crippen molar-refractivity contribution in [2.24, 2.45) is 0 Å². The number of anilines is 1. The van der Waals surface area contributed by atoms with E-state index in [9.17, 15) is 18.0 Å². The van der Waals surface area contributed by atoms with Crippen LogP contribution in [0, 0.1) is 17.5 Å². The van der Waals surface area contributed by atoms with E-state index >= 15 is 0 Å². The lowest BCUT2D eigenvalue weighted by atomic mass is 10.1. The predicted molar refractivity (Wildman–Crippen MR) is 84.3 cm³/mol. The van der Waals surface area contributed by atoms with Gasteiger partial charge in [-0.2, -0.15) is 5.10 Å². The van der Waals surface area contributed by atoms with Crippen molar-refractivity contribution >= 4 is 11.6 Å². The molecule has 1 heterocycles. The second-order valence-electron chi connectivity index (χ2n) is 5.32. The molecule has 0 unspecified atom stereocenters. The summed E-state index contributed by atoms with van der Waals surface area (Å²) in [7, 11) is 0. The number of aromatic amines is 1. The molecule has 0 aliphatic heterocycles. The van der Waals surface area contributed by atoms with Crippen LogP contribution in [0.4, 0.5) is 18.9 Å². The van der Waals surface area contributed by atoms with Crippen molar-refractivity contribution in [2.45, 2.75) is 12.8 Å². The third kappa shape index (κ3) is 4.23. The maximum Gasteiger partial charge on any atom is 0.232 e. The summed E-state index contributed by atoms with van der Waals surface area (Å²) in [6, 6.07) is 9.34. The Morgan fingerprint density at radius 3 is 2.60 bits per heavy atom. The van der Waals surface area contributed by atoms with Gasteiger partial charge in [0.2, 0.25) is 5.91 Å². The van der Waals surface area contributed by atoms with E-state index in [-0.39, 0.29) is 30.2 Å². The largest absolute Gasteiger partial charge is 0.326 e. The molecule has 8 heteroatoms. The first-order chi connectivity index (χ1) is 12.0. The van der Waals surface area contributed by atoms with E-state index in [4.69, 9.17) is 0 Å². The summed E-state index contributed by atoms with van der Waals surface area (Å²) < 4.78 is 39.6. The molecule has 0 aliphatic rings. The molecule has 0 spiro atoms. The van der Waals surface area contributed by atoms with Crippen molar-refractivity contribution < 1.29 is 18.0 Å². The topological polar surface area (TPSA) is 70.7 Å². The number of hydrogen-bond donors (Lipinski definition) is 2. The second-order valence-corrected chi connectivity index (χ2v) is 5.32. The molecule has 128 valence electrons. The van der Waals surface area contributed by atoms with Crippen molar-refractivity contribution in [3.8, 4) is 0 Å². The van der Waals surface area contributed by atoms with E-state index in [1.54, 1.807) is 18.2 Å². The van der Waals surface area contributed by atoms with Crippen molar-refractivity contribution in [3.05, 3.63) is 77.1 Å². The van der Waals surface area contributed by atoms with Crippen LogP contribution in [-0.2, 0) is 17.6 Å². The molecule has 0 aliphatic carbocycles. The highest BCUT2D eigenvalue weighted by molar-refractivity contribution is 5.91. The van der Waals surface area contributed by atoms with Crippen LogP contribution in [0.1, 0.15) is 17.2 Å². The van der Waals surface area contributed by atoms with Gasteiger partial charge in [-0.15, -0.1) is 0 Å². The highest BCUT2D eigenvalue weighted by Gasteiger charge is 2.12. The zero-order valence-electron chi connectivity index (χ0n) is 12.9. The Bertz CT molecular complexity index is 910. The first-order valence-corrected chi connectivity index (χ1v) is 7.40. The Hall–Kier alpha value is -3.16. The summed E-state index contributed by atoms with van der Waals surface area (Å²) in [6.07, 6.45) is 0.0528. The normalized spacial score (nSPS) is 10.7. The molecule has 3 rings (SSSR count). The third-order valence-corrected chi connectivity index (χ3v) is 3.42. The quantitative estimate of drug-likeness (QED) is 0.746. The summed E-state index contributed by atoms with van der Waals surface area (Å²) in [6.45, 7) is 0. The number of nitrogens with zero attached hydrogens (tertiary/aromatic N) is 2. The number of carbonyl (C=O) groups is 1. The molecule has 2 aromatic carbocycles. The molecule has 0 fully saturated rings. The van der Waals surface area contributed by atoms with Gasteiger partial charge in [-0.25, -0.2) is 18.2 Å². The molecule has 5 nitrogen and oxygen atoms in total. The van der Waals surface area contributed by atoms with Crippen molar-refractivity contribution in [1.82, 2.24) is 15.2 Å².